The van der Waals surface area contributed by atoms with Crippen molar-refractivity contribution in [3.63, 3.8) is 0 Å². The zero-order chi connectivity index (χ0) is 38.5. The lowest BCUT2D eigenvalue weighted by Gasteiger charge is -2.40. The molecule has 0 radical (unpaired) electrons. The second kappa shape index (κ2) is 13.0. The monoisotopic (exact) mass is 732 g/mol. The topological polar surface area (TPSA) is 55.8 Å². The molecule has 1 aliphatic heterocycles. The molecule has 3 aliphatic rings. The van der Waals surface area contributed by atoms with Crippen molar-refractivity contribution >= 4 is 7.82 Å². The van der Waals surface area contributed by atoms with Gasteiger partial charge in [0.05, 0.1) is 6.10 Å². The lowest BCUT2D eigenvalue weighted by molar-refractivity contribution is 0.107. The first-order valence-electron chi connectivity index (χ1n) is 19.8. The van der Waals surface area contributed by atoms with Crippen LogP contribution in [-0.2, 0) is 50.0 Å². The third-order valence-electron chi connectivity index (χ3n) is 12.1. The first-order chi connectivity index (χ1) is 24.5. The number of hydrogen-bond donors (Lipinski definition) is 1. The number of benzene rings is 4. The Morgan fingerprint density at radius 1 is 0.660 bits per heavy atom. The Morgan fingerprint density at radius 2 is 1.19 bits per heavy atom. The van der Waals surface area contributed by atoms with E-state index in [0.717, 1.165) is 47.9 Å². The van der Waals surface area contributed by atoms with Gasteiger partial charge in [-0.05, 0) is 115 Å². The largest absolute Gasteiger partial charge is 0.527 e. The lowest BCUT2D eigenvalue weighted by Crippen LogP contribution is -2.36. The van der Waals surface area contributed by atoms with Gasteiger partial charge in [0.25, 0.3) is 0 Å². The fourth-order valence-electron chi connectivity index (χ4n) is 8.78. The summed E-state index contributed by atoms with van der Waals surface area (Å²) in [4.78, 5) is 11.9. The summed E-state index contributed by atoms with van der Waals surface area (Å²) in [5.41, 5.74) is 13.8. The van der Waals surface area contributed by atoms with Crippen molar-refractivity contribution in [3.8, 4) is 16.9 Å². The molecular weight excluding hydrogens is 671 g/mol. The third-order valence-corrected chi connectivity index (χ3v) is 13.0. The normalized spacial score (nSPS) is 23.2. The summed E-state index contributed by atoms with van der Waals surface area (Å²) in [5, 5.41) is 0. The molecular formula is C48H61O4P. The molecule has 5 heteroatoms. The molecule has 0 saturated heterocycles. The summed E-state index contributed by atoms with van der Waals surface area (Å²) in [5.74, 6) is 0.0797. The second-order valence-corrected chi connectivity index (χ2v) is 21.6. The Kier molecular flexibility index (Phi) is 9.32. The van der Waals surface area contributed by atoms with Crippen molar-refractivity contribution in [2.75, 3.05) is 0 Å². The van der Waals surface area contributed by atoms with Crippen molar-refractivity contribution in [1.82, 2.24) is 0 Å². The van der Waals surface area contributed by atoms with Crippen LogP contribution in [0.3, 0.4) is 0 Å². The van der Waals surface area contributed by atoms with E-state index in [-0.39, 0.29) is 33.5 Å². The van der Waals surface area contributed by atoms with E-state index in [1.807, 2.05) is 0 Å². The van der Waals surface area contributed by atoms with Crippen LogP contribution in [0.15, 0.2) is 66.7 Å². The van der Waals surface area contributed by atoms with Gasteiger partial charge in [-0.2, -0.15) is 0 Å². The first-order valence-corrected chi connectivity index (χ1v) is 21.3. The zero-order valence-electron chi connectivity index (χ0n) is 34.2. The molecule has 4 atom stereocenters. The molecule has 0 fully saturated rings. The second-order valence-electron chi connectivity index (χ2n) is 20.3. The van der Waals surface area contributed by atoms with Crippen molar-refractivity contribution in [1.29, 1.82) is 0 Å². The fourth-order valence-corrected chi connectivity index (χ4v) is 9.82. The standard InChI is InChI=1S/C48H61O4P/c1-45(2,3)33-21-31(22-34(27-33)46(4,5)6)39-25-29-17-13-15-19-37(29)41-42-38-20-16-14-18-30(38)26-40(44(42)52-53(49,50)51-43(39)41)32-23-35(47(7,8)9)28-36(24-32)48(10,11)12/h13,15,17,19,21-24,26-28,39,41,43H,14,16,18,20,25H2,1-12H3,(H,49,50)/t39?,41-,43-/m1/s1. The lowest BCUT2D eigenvalue weighted by atomic mass is 9.66. The van der Waals surface area contributed by atoms with E-state index in [2.05, 4.69) is 150 Å². The van der Waals surface area contributed by atoms with Gasteiger partial charge in [0.2, 0.25) is 0 Å². The van der Waals surface area contributed by atoms with Gasteiger partial charge in [-0.25, -0.2) is 4.57 Å². The van der Waals surface area contributed by atoms with Gasteiger partial charge in [-0.1, -0.05) is 144 Å². The molecule has 4 aromatic carbocycles. The van der Waals surface area contributed by atoms with Gasteiger partial charge in [0.15, 0.2) is 0 Å². The van der Waals surface area contributed by atoms with Crippen LogP contribution in [0.5, 0.6) is 5.75 Å². The molecule has 2 unspecified atom stereocenters. The number of hydrogen-bond acceptors (Lipinski definition) is 3. The molecule has 0 bridgehead atoms. The Hall–Kier alpha value is -3.17. The van der Waals surface area contributed by atoms with Crippen molar-refractivity contribution in [2.45, 2.75) is 155 Å². The Morgan fingerprint density at radius 3 is 1.75 bits per heavy atom. The Labute approximate surface area is 319 Å². The highest BCUT2D eigenvalue weighted by atomic mass is 31.2. The Bertz CT molecular complexity index is 2050. The molecule has 0 spiro atoms. The first kappa shape index (κ1) is 38.1. The predicted octanol–water partition coefficient (Wildman–Crippen LogP) is 12.8. The van der Waals surface area contributed by atoms with Crippen LogP contribution in [0.2, 0.25) is 0 Å². The van der Waals surface area contributed by atoms with E-state index in [1.165, 1.54) is 44.5 Å². The molecule has 0 amide bonds. The zero-order valence-corrected chi connectivity index (χ0v) is 35.1. The van der Waals surface area contributed by atoms with Crippen LogP contribution in [0.25, 0.3) is 11.1 Å². The molecule has 7 rings (SSSR count). The molecule has 1 heterocycles. The van der Waals surface area contributed by atoms with Crippen LogP contribution < -0.4 is 4.52 Å². The van der Waals surface area contributed by atoms with E-state index in [4.69, 9.17) is 9.05 Å². The van der Waals surface area contributed by atoms with E-state index in [9.17, 15) is 9.46 Å². The summed E-state index contributed by atoms with van der Waals surface area (Å²) in [6.45, 7) is 27.1. The molecule has 282 valence electrons. The number of phosphoric ester groups is 1. The SMILES string of the molecule is CC(C)(C)c1cc(-c2cc3c(c4c2OP(=O)(O)O[C@@H]2C(c5cc(C(C)(C)C)cc(C(C)(C)C)c5)Cc5ccccc5[C@H]42)CCCC3)cc(C(C)(C)C)c1. The molecule has 1 N–H and O–H groups in total. The van der Waals surface area contributed by atoms with Gasteiger partial charge in [-0.15, -0.1) is 0 Å². The summed E-state index contributed by atoms with van der Waals surface area (Å²) in [7, 11) is -4.58. The third kappa shape index (κ3) is 7.33. The molecule has 2 aliphatic carbocycles. The minimum Gasteiger partial charge on any atom is -0.403 e. The molecule has 4 nitrogen and oxygen atoms in total. The Balaban J connectivity index is 1.55. The van der Waals surface area contributed by atoms with Crippen LogP contribution >= 0.6 is 7.82 Å². The van der Waals surface area contributed by atoms with Gasteiger partial charge in [0.1, 0.15) is 5.75 Å². The van der Waals surface area contributed by atoms with Crippen molar-refractivity contribution < 1.29 is 18.5 Å². The number of rotatable bonds is 2. The maximum Gasteiger partial charge on any atom is 0.527 e. The van der Waals surface area contributed by atoms with Gasteiger partial charge >= 0.3 is 7.82 Å². The van der Waals surface area contributed by atoms with Gasteiger partial charge in [0, 0.05) is 23.0 Å². The highest BCUT2D eigenvalue weighted by Crippen LogP contribution is 2.62. The number of aryl methyl sites for hydroxylation is 1. The van der Waals surface area contributed by atoms with E-state index < -0.39 is 13.9 Å². The predicted molar refractivity (Wildman–Crippen MR) is 220 cm³/mol. The molecule has 4 aromatic rings. The average molecular weight is 733 g/mol. The van der Waals surface area contributed by atoms with Gasteiger partial charge in [-0.3, -0.25) is 9.42 Å². The quantitative estimate of drug-likeness (QED) is 0.209. The minimum atomic E-state index is -4.58. The molecule has 53 heavy (non-hydrogen) atoms. The van der Waals surface area contributed by atoms with Crippen molar-refractivity contribution in [3.05, 3.63) is 122 Å². The molecule has 0 saturated carbocycles. The fraction of sp³-hybridized carbons (Fsp3) is 0.500. The number of fused-ring (bicyclic) bond motifs is 7. The summed E-state index contributed by atoms with van der Waals surface area (Å²) in [6, 6.07) is 24.9. The van der Waals surface area contributed by atoms with Crippen LogP contribution in [0.4, 0.5) is 0 Å². The van der Waals surface area contributed by atoms with E-state index in [0.29, 0.717) is 12.2 Å². The number of phosphoric acid groups is 1. The summed E-state index contributed by atoms with van der Waals surface area (Å²) >= 11 is 0. The highest BCUT2D eigenvalue weighted by molar-refractivity contribution is 7.47. The maximum absolute atomic E-state index is 14.5. The molecule has 0 aromatic heterocycles. The smallest absolute Gasteiger partial charge is 0.403 e. The van der Waals surface area contributed by atoms with Crippen LogP contribution in [0, 0.1) is 0 Å². The van der Waals surface area contributed by atoms with Crippen molar-refractivity contribution in [2.24, 2.45) is 0 Å². The maximum atomic E-state index is 14.5. The van der Waals surface area contributed by atoms with Crippen LogP contribution in [0.1, 0.15) is 163 Å². The minimum absolute atomic E-state index is 0.0737. The van der Waals surface area contributed by atoms with E-state index >= 15 is 0 Å². The summed E-state index contributed by atoms with van der Waals surface area (Å²) < 4.78 is 27.6. The van der Waals surface area contributed by atoms with Crippen LogP contribution in [-0.4, -0.2) is 11.0 Å². The highest BCUT2D eigenvalue weighted by Gasteiger charge is 2.49. The van der Waals surface area contributed by atoms with E-state index in [1.54, 1.807) is 0 Å². The van der Waals surface area contributed by atoms with Gasteiger partial charge < -0.3 is 4.52 Å². The summed E-state index contributed by atoms with van der Waals surface area (Å²) in [6.07, 6.45) is 4.21. The average Bonchev–Trinajstić information content (AvgIpc) is 3.18.